The molecule has 1 rings (SSSR count). The van der Waals surface area contributed by atoms with Crippen molar-refractivity contribution in [2.24, 2.45) is 5.73 Å². The number of hydrogen-bond donors (Lipinski definition) is 1. The second-order valence-electron chi connectivity index (χ2n) is 4.39. The maximum atomic E-state index is 5.95. The second-order valence-corrected chi connectivity index (χ2v) is 7.01. The first kappa shape index (κ1) is 16.5. The second kappa shape index (κ2) is 7.90. The van der Waals surface area contributed by atoms with Gasteiger partial charge in [-0.1, -0.05) is 6.07 Å². The van der Waals surface area contributed by atoms with E-state index in [1.165, 1.54) is 5.56 Å². The van der Waals surface area contributed by atoms with Gasteiger partial charge in [-0.05, 0) is 69.8 Å². The van der Waals surface area contributed by atoms with Crippen molar-refractivity contribution in [3.63, 3.8) is 0 Å². The molecule has 0 saturated heterocycles. The number of thioether (sulfide) groups is 1. The maximum Gasteiger partial charge on any atom is 0.0470 e. The fourth-order valence-electron chi connectivity index (χ4n) is 1.92. The predicted octanol–water partition coefficient (Wildman–Crippen LogP) is 3.89. The van der Waals surface area contributed by atoms with Crippen LogP contribution in [0.25, 0.3) is 0 Å². The molecule has 2 nitrogen and oxygen atoms in total. The van der Waals surface area contributed by atoms with Crippen molar-refractivity contribution in [1.29, 1.82) is 0 Å². The molecule has 0 radical (unpaired) electrons. The third-order valence-corrected chi connectivity index (χ3v) is 5.84. The molecule has 2 N–H and O–H groups in total. The van der Waals surface area contributed by atoms with Gasteiger partial charge in [0.05, 0.1) is 0 Å². The summed E-state index contributed by atoms with van der Waals surface area (Å²) in [5, 5.41) is 0. The van der Waals surface area contributed by atoms with Crippen LogP contribution < -0.4 is 5.73 Å². The number of benzene rings is 1. The number of hydrogen-bond acceptors (Lipinski definition) is 3. The van der Waals surface area contributed by atoms with Gasteiger partial charge in [0.25, 0.3) is 0 Å². The summed E-state index contributed by atoms with van der Waals surface area (Å²) in [6, 6.07) is 7.11. The quantitative estimate of drug-likeness (QED) is 0.791. The van der Waals surface area contributed by atoms with Crippen molar-refractivity contribution >= 4 is 43.6 Å². The van der Waals surface area contributed by atoms with Crippen LogP contribution in [0.2, 0.25) is 0 Å². The molecule has 0 bridgehead atoms. The molecule has 2 unspecified atom stereocenters. The van der Waals surface area contributed by atoms with Gasteiger partial charge in [0.15, 0.2) is 0 Å². The van der Waals surface area contributed by atoms with Crippen molar-refractivity contribution in [3.05, 3.63) is 32.7 Å². The van der Waals surface area contributed by atoms with E-state index in [0.29, 0.717) is 12.6 Å². The first-order valence-electron chi connectivity index (χ1n) is 5.87. The highest BCUT2D eigenvalue weighted by atomic mass is 79.9. The lowest BCUT2D eigenvalue weighted by Crippen LogP contribution is -2.38. The molecule has 5 heteroatoms. The zero-order chi connectivity index (χ0) is 13.7. The Morgan fingerprint density at radius 2 is 2.00 bits per heavy atom. The molecule has 0 saturated carbocycles. The average Bonchev–Trinajstić information content (AvgIpc) is 2.34. The number of nitrogens with zero attached hydrogens (tertiary/aromatic N) is 1. The number of nitrogens with two attached hydrogens (primary N) is 1. The van der Waals surface area contributed by atoms with Crippen LogP contribution in [0.4, 0.5) is 0 Å². The minimum absolute atomic E-state index is 0.261. The van der Waals surface area contributed by atoms with E-state index < -0.39 is 0 Å². The van der Waals surface area contributed by atoms with E-state index in [-0.39, 0.29) is 6.04 Å². The fraction of sp³-hybridized carbons (Fsp3) is 0.538. The van der Waals surface area contributed by atoms with E-state index in [1.54, 1.807) is 0 Å². The SMILES string of the molecule is CSCC(C)N(C)C(CN)c1ccc(Br)c(Br)c1. The van der Waals surface area contributed by atoms with Gasteiger partial charge in [-0.25, -0.2) is 0 Å². The van der Waals surface area contributed by atoms with Gasteiger partial charge >= 0.3 is 0 Å². The molecule has 0 aliphatic heterocycles. The Hall–Kier alpha value is 0.450. The highest BCUT2D eigenvalue weighted by Gasteiger charge is 2.20. The molecule has 0 fully saturated rings. The van der Waals surface area contributed by atoms with E-state index in [2.05, 4.69) is 75.2 Å². The Balaban J connectivity index is 2.91. The smallest absolute Gasteiger partial charge is 0.0470 e. The third kappa shape index (κ3) is 4.23. The molecule has 0 aromatic heterocycles. The van der Waals surface area contributed by atoms with Gasteiger partial charge in [-0.15, -0.1) is 0 Å². The van der Waals surface area contributed by atoms with Crippen LogP contribution in [0.1, 0.15) is 18.5 Å². The lowest BCUT2D eigenvalue weighted by molar-refractivity contribution is 0.204. The van der Waals surface area contributed by atoms with Crippen LogP contribution in [0.3, 0.4) is 0 Å². The van der Waals surface area contributed by atoms with Crippen molar-refractivity contribution in [2.75, 3.05) is 25.6 Å². The summed E-state index contributed by atoms with van der Waals surface area (Å²) < 4.78 is 2.14. The number of halogens is 2. The van der Waals surface area contributed by atoms with E-state index in [0.717, 1.165) is 14.7 Å². The van der Waals surface area contributed by atoms with Gasteiger partial charge in [0, 0.05) is 33.3 Å². The summed E-state index contributed by atoms with van der Waals surface area (Å²) in [4.78, 5) is 2.35. The molecule has 1 aromatic rings. The van der Waals surface area contributed by atoms with Gasteiger partial charge in [-0.3, -0.25) is 4.90 Å². The Labute approximate surface area is 131 Å². The normalized spacial score (nSPS) is 14.8. The lowest BCUT2D eigenvalue weighted by Gasteiger charge is -2.32. The highest BCUT2D eigenvalue weighted by Crippen LogP contribution is 2.29. The first-order valence-corrected chi connectivity index (χ1v) is 8.85. The van der Waals surface area contributed by atoms with Crippen molar-refractivity contribution in [2.45, 2.75) is 19.0 Å². The van der Waals surface area contributed by atoms with Crippen LogP contribution in [0, 0.1) is 0 Å². The van der Waals surface area contributed by atoms with Gasteiger partial charge < -0.3 is 5.73 Å². The lowest BCUT2D eigenvalue weighted by atomic mass is 10.0. The summed E-state index contributed by atoms with van der Waals surface area (Å²) in [6.07, 6.45) is 2.14. The molecule has 2 atom stereocenters. The van der Waals surface area contributed by atoms with Crippen LogP contribution in [0.5, 0.6) is 0 Å². The topological polar surface area (TPSA) is 29.3 Å². The van der Waals surface area contributed by atoms with Crippen LogP contribution >= 0.6 is 43.6 Å². The van der Waals surface area contributed by atoms with Crippen LogP contribution in [-0.4, -0.2) is 36.5 Å². The standard InChI is InChI=1S/C13H20Br2N2S/c1-9(8-18-3)17(2)13(7-16)10-4-5-11(14)12(15)6-10/h4-6,9,13H,7-8,16H2,1-3H3. The Kier molecular flexibility index (Phi) is 7.24. The average molecular weight is 396 g/mol. The van der Waals surface area contributed by atoms with Crippen LogP contribution in [0.15, 0.2) is 27.1 Å². The predicted molar refractivity (Wildman–Crippen MR) is 89.2 cm³/mol. The fourth-order valence-corrected chi connectivity index (χ4v) is 3.28. The molecule has 0 spiro atoms. The number of likely N-dealkylation sites (N-methyl/N-ethyl adjacent to an activating group) is 1. The first-order chi connectivity index (χ1) is 8.51. The Morgan fingerprint density at radius 3 is 2.50 bits per heavy atom. The molecular weight excluding hydrogens is 376 g/mol. The largest absolute Gasteiger partial charge is 0.329 e. The van der Waals surface area contributed by atoms with Crippen molar-refractivity contribution in [1.82, 2.24) is 4.90 Å². The number of rotatable bonds is 6. The molecule has 0 aliphatic rings. The minimum Gasteiger partial charge on any atom is -0.329 e. The van der Waals surface area contributed by atoms with E-state index in [4.69, 9.17) is 5.73 Å². The van der Waals surface area contributed by atoms with Crippen molar-refractivity contribution < 1.29 is 0 Å². The Morgan fingerprint density at radius 1 is 1.33 bits per heavy atom. The zero-order valence-corrected chi connectivity index (χ0v) is 15.0. The van der Waals surface area contributed by atoms with E-state index in [1.807, 2.05) is 11.8 Å². The molecule has 0 aliphatic carbocycles. The highest BCUT2D eigenvalue weighted by molar-refractivity contribution is 9.13. The van der Waals surface area contributed by atoms with E-state index in [9.17, 15) is 0 Å². The van der Waals surface area contributed by atoms with Crippen molar-refractivity contribution in [3.8, 4) is 0 Å². The monoisotopic (exact) mass is 394 g/mol. The van der Waals surface area contributed by atoms with E-state index >= 15 is 0 Å². The minimum atomic E-state index is 0.261. The molecule has 1 aromatic carbocycles. The Bertz CT molecular complexity index is 387. The zero-order valence-electron chi connectivity index (χ0n) is 11.0. The molecule has 102 valence electrons. The summed E-state index contributed by atoms with van der Waals surface area (Å²) in [6.45, 7) is 2.87. The summed E-state index contributed by atoms with van der Waals surface area (Å²) in [7, 11) is 2.15. The van der Waals surface area contributed by atoms with Crippen LogP contribution in [-0.2, 0) is 0 Å². The summed E-state index contributed by atoms with van der Waals surface area (Å²) in [5.74, 6) is 1.12. The van der Waals surface area contributed by atoms with Gasteiger partial charge in [-0.2, -0.15) is 11.8 Å². The molecular formula is C13H20Br2N2S. The molecule has 0 heterocycles. The third-order valence-electron chi connectivity index (χ3n) is 3.15. The summed E-state index contributed by atoms with van der Waals surface area (Å²) >= 11 is 8.91. The van der Waals surface area contributed by atoms with Gasteiger partial charge in [0.2, 0.25) is 0 Å². The van der Waals surface area contributed by atoms with Gasteiger partial charge in [0.1, 0.15) is 0 Å². The summed E-state index contributed by atoms with van der Waals surface area (Å²) in [5.41, 5.74) is 7.21. The molecule has 0 amide bonds. The maximum absolute atomic E-state index is 5.95. The molecule has 18 heavy (non-hydrogen) atoms.